The molecule has 0 saturated heterocycles. The van der Waals surface area contributed by atoms with E-state index in [1.165, 1.54) is 12.1 Å². The zero-order valence-corrected chi connectivity index (χ0v) is 11.1. The monoisotopic (exact) mass is 278 g/mol. The Labute approximate surface area is 106 Å². The SMILES string of the molecule is Cc1cc(S(=O)(=O)NC(C)CO)cc(N)c1Cl. The van der Waals surface area contributed by atoms with Gasteiger partial charge in [0.15, 0.2) is 0 Å². The molecule has 0 spiro atoms. The Kier molecular flexibility index (Phi) is 4.37. The van der Waals surface area contributed by atoms with Gasteiger partial charge < -0.3 is 10.8 Å². The maximum Gasteiger partial charge on any atom is 0.240 e. The quantitative estimate of drug-likeness (QED) is 0.713. The molecule has 0 heterocycles. The summed E-state index contributed by atoms with van der Waals surface area (Å²) in [5.41, 5.74) is 6.41. The molecule has 0 amide bonds. The zero-order valence-electron chi connectivity index (χ0n) is 9.57. The molecule has 1 rings (SSSR count). The first-order chi connectivity index (χ1) is 7.77. The summed E-state index contributed by atoms with van der Waals surface area (Å²) < 4.78 is 26.1. The lowest BCUT2D eigenvalue weighted by molar-refractivity contribution is 0.265. The van der Waals surface area contributed by atoms with Crippen LogP contribution in [0.25, 0.3) is 0 Å². The molecule has 0 aliphatic carbocycles. The highest BCUT2D eigenvalue weighted by Gasteiger charge is 2.18. The molecular weight excluding hydrogens is 264 g/mol. The third-order valence-electron chi connectivity index (χ3n) is 2.20. The number of nitrogens with one attached hydrogen (secondary N) is 1. The average Bonchev–Trinajstić information content (AvgIpc) is 2.24. The Morgan fingerprint density at radius 3 is 2.59 bits per heavy atom. The van der Waals surface area contributed by atoms with Crippen molar-refractivity contribution in [3.63, 3.8) is 0 Å². The topological polar surface area (TPSA) is 92.4 Å². The van der Waals surface area contributed by atoms with Crippen LogP contribution in [0, 0.1) is 6.92 Å². The van der Waals surface area contributed by atoms with Crippen molar-refractivity contribution in [2.75, 3.05) is 12.3 Å². The Hall–Kier alpha value is -0.820. The number of nitrogen functional groups attached to an aromatic ring is 1. The molecule has 5 nitrogen and oxygen atoms in total. The van der Waals surface area contributed by atoms with E-state index in [-0.39, 0.29) is 17.2 Å². The first kappa shape index (κ1) is 14.2. The van der Waals surface area contributed by atoms with Crippen molar-refractivity contribution < 1.29 is 13.5 Å². The van der Waals surface area contributed by atoms with Gasteiger partial charge in [0.25, 0.3) is 0 Å². The van der Waals surface area contributed by atoms with Gasteiger partial charge in [-0.15, -0.1) is 0 Å². The number of aliphatic hydroxyl groups excluding tert-OH is 1. The van der Waals surface area contributed by atoms with E-state index in [2.05, 4.69) is 4.72 Å². The summed E-state index contributed by atoms with van der Waals surface area (Å²) in [6, 6.07) is 2.17. The predicted octanol–water partition coefficient (Wildman–Crippen LogP) is 0.890. The van der Waals surface area contributed by atoms with E-state index in [1.807, 2.05) is 0 Å². The molecule has 0 aromatic heterocycles. The minimum Gasteiger partial charge on any atom is -0.397 e. The lowest BCUT2D eigenvalue weighted by Crippen LogP contribution is -2.35. The number of sulfonamides is 1. The van der Waals surface area contributed by atoms with Crippen molar-refractivity contribution in [3.05, 3.63) is 22.7 Å². The van der Waals surface area contributed by atoms with Crippen LogP contribution in [0.5, 0.6) is 0 Å². The second kappa shape index (κ2) is 5.22. The average molecular weight is 279 g/mol. The highest BCUT2D eigenvalue weighted by atomic mass is 35.5. The summed E-state index contributed by atoms with van der Waals surface area (Å²) in [5.74, 6) is 0. The van der Waals surface area contributed by atoms with Crippen LogP contribution in [0.3, 0.4) is 0 Å². The van der Waals surface area contributed by atoms with Gasteiger partial charge in [0.1, 0.15) is 0 Å². The third-order valence-corrected chi connectivity index (χ3v) is 4.28. The molecule has 1 aromatic rings. The molecule has 0 aliphatic rings. The van der Waals surface area contributed by atoms with E-state index in [9.17, 15) is 8.42 Å². The molecule has 0 radical (unpaired) electrons. The van der Waals surface area contributed by atoms with Gasteiger partial charge in [0.2, 0.25) is 10.0 Å². The molecule has 0 bridgehead atoms. The highest BCUT2D eigenvalue weighted by molar-refractivity contribution is 7.89. The number of hydrogen-bond acceptors (Lipinski definition) is 4. The molecule has 96 valence electrons. The third kappa shape index (κ3) is 3.32. The summed E-state index contributed by atoms with van der Waals surface area (Å²) in [6.45, 7) is 2.96. The number of halogens is 1. The zero-order chi connectivity index (χ0) is 13.2. The van der Waals surface area contributed by atoms with Crippen molar-refractivity contribution in [2.24, 2.45) is 0 Å². The minimum absolute atomic E-state index is 0.0391. The molecule has 1 aromatic carbocycles. The van der Waals surface area contributed by atoms with Gasteiger partial charge in [0, 0.05) is 6.04 Å². The molecule has 1 unspecified atom stereocenters. The Bertz CT molecular complexity index is 493. The minimum atomic E-state index is -3.68. The van der Waals surface area contributed by atoms with Gasteiger partial charge >= 0.3 is 0 Å². The van der Waals surface area contributed by atoms with E-state index in [0.29, 0.717) is 10.6 Å². The second-order valence-electron chi connectivity index (χ2n) is 3.85. The summed E-state index contributed by atoms with van der Waals surface area (Å²) in [7, 11) is -3.68. The number of aliphatic hydroxyl groups is 1. The molecular formula is C10H15ClN2O3S. The lowest BCUT2D eigenvalue weighted by Gasteiger charge is -2.13. The van der Waals surface area contributed by atoms with Gasteiger partial charge in [-0.3, -0.25) is 0 Å². The van der Waals surface area contributed by atoms with Crippen molar-refractivity contribution in [3.8, 4) is 0 Å². The maximum absolute atomic E-state index is 11.9. The van der Waals surface area contributed by atoms with E-state index in [0.717, 1.165) is 0 Å². The second-order valence-corrected chi connectivity index (χ2v) is 5.94. The van der Waals surface area contributed by atoms with Gasteiger partial charge in [0.05, 0.1) is 22.2 Å². The lowest BCUT2D eigenvalue weighted by atomic mass is 10.2. The van der Waals surface area contributed by atoms with Crippen molar-refractivity contribution >= 4 is 27.3 Å². The molecule has 7 heteroatoms. The van der Waals surface area contributed by atoms with Crippen LogP contribution in [0.2, 0.25) is 5.02 Å². The molecule has 17 heavy (non-hydrogen) atoms. The molecule has 0 aliphatic heterocycles. The van der Waals surface area contributed by atoms with Crippen LogP contribution in [0.1, 0.15) is 12.5 Å². The summed E-state index contributed by atoms with van der Waals surface area (Å²) >= 11 is 5.85. The first-order valence-electron chi connectivity index (χ1n) is 4.96. The van der Waals surface area contributed by atoms with Crippen LogP contribution in [-0.4, -0.2) is 26.2 Å². The number of rotatable bonds is 4. The number of anilines is 1. The van der Waals surface area contributed by atoms with Crippen LogP contribution in [0.15, 0.2) is 17.0 Å². The number of benzene rings is 1. The summed E-state index contributed by atoms with van der Waals surface area (Å²) in [6.07, 6.45) is 0. The van der Waals surface area contributed by atoms with Gasteiger partial charge in [-0.05, 0) is 31.5 Å². The van der Waals surface area contributed by atoms with Crippen molar-refractivity contribution in [2.45, 2.75) is 24.8 Å². The summed E-state index contributed by atoms with van der Waals surface area (Å²) in [5, 5.41) is 9.17. The van der Waals surface area contributed by atoms with Crippen LogP contribution in [-0.2, 0) is 10.0 Å². The Morgan fingerprint density at radius 2 is 2.12 bits per heavy atom. The van der Waals surface area contributed by atoms with E-state index < -0.39 is 16.1 Å². The standard InChI is InChI=1S/C10H15ClN2O3S/c1-6-3-8(4-9(12)10(6)11)17(15,16)13-7(2)5-14/h3-4,7,13-14H,5,12H2,1-2H3. The maximum atomic E-state index is 11.9. The highest BCUT2D eigenvalue weighted by Crippen LogP contribution is 2.26. The van der Waals surface area contributed by atoms with Crippen molar-refractivity contribution in [1.82, 2.24) is 4.72 Å². The van der Waals surface area contributed by atoms with Gasteiger partial charge in [-0.1, -0.05) is 11.6 Å². The number of aryl methyl sites for hydroxylation is 1. The summed E-state index contributed by atoms with van der Waals surface area (Å²) in [4.78, 5) is 0.0391. The first-order valence-corrected chi connectivity index (χ1v) is 6.83. The fraction of sp³-hybridized carbons (Fsp3) is 0.400. The van der Waals surface area contributed by atoms with Crippen LogP contribution in [0.4, 0.5) is 5.69 Å². The Balaban J connectivity index is 3.16. The fourth-order valence-corrected chi connectivity index (χ4v) is 2.75. The van der Waals surface area contributed by atoms with E-state index >= 15 is 0 Å². The van der Waals surface area contributed by atoms with E-state index in [1.54, 1.807) is 13.8 Å². The molecule has 1 atom stereocenters. The molecule has 0 saturated carbocycles. The van der Waals surface area contributed by atoms with Crippen LogP contribution >= 0.6 is 11.6 Å². The smallest absolute Gasteiger partial charge is 0.240 e. The number of nitrogens with two attached hydrogens (primary N) is 1. The van der Waals surface area contributed by atoms with Crippen LogP contribution < -0.4 is 10.5 Å². The van der Waals surface area contributed by atoms with Crippen molar-refractivity contribution in [1.29, 1.82) is 0 Å². The van der Waals surface area contributed by atoms with Gasteiger partial charge in [-0.2, -0.15) is 0 Å². The normalized spacial score (nSPS) is 13.6. The Morgan fingerprint density at radius 1 is 1.53 bits per heavy atom. The molecule has 4 N–H and O–H groups in total. The largest absolute Gasteiger partial charge is 0.397 e. The predicted molar refractivity (Wildman–Crippen MR) is 67.5 cm³/mol. The fourth-order valence-electron chi connectivity index (χ4n) is 1.29. The molecule has 0 fully saturated rings. The van der Waals surface area contributed by atoms with E-state index in [4.69, 9.17) is 22.4 Å². The number of hydrogen-bond donors (Lipinski definition) is 3. The van der Waals surface area contributed by atoms with Gasteiger partial charge in [-0.25, -0.2) is 13.1 Å².